The van der Waals surface area contributed by atoms with Crippen LogP contribution in [0.25, 0.3) is 51.5 Å². The molecule has 1 aliphatic carbocycles. The molecule has 1 saturated carbocycles. The van der Waals surface area contributed by atoms with Crippen molar-refractivity contribution in [1.82, 2.24) is 0 Å². The molecule has 9 aromatic carbocycles. The van der Waals surface area contributed by atoms with Crippen molar-refractivity contribution in [3.8, 4) is 11.1 Å². The Morgan fingerprint density at radius 2 is 1.16 bits per heavy atom. The normalized spacial score (nSPS) is 18.9. The largest absolute Gasteiger partial charge is 0.334 e. The molecule has 0 N–H and O–H groups in total. The zero-order valence-electron chi connectivity index (χ0n) is 42.4. The SMILES string of the molecule is Cc1cc2c3c(c1)N(c1cccc4c1sc1ccccc14)c1cc(N4c5ccc(C(C)(C)C)cc5C5(C)CCCCC45C)ccc1B3c1cc(-c3ccccc3)ccc1N2c1ccc2c(c1)sc1ccccc12. The van der Waals surface area contributed by atoms with Crippen LogP contribution in [-0.2, 0) is 10.8 Å². The Labute approximate surface area is 437 Å². The molecule has 1 fully saturated rings. The summed E-state index contributed by atoms with van der Waals surface area (Å²) in [7, 11) is 0. The minimum atomic E-state index is -0.0942. The fraction of sp³-hybridized carbons (Fsp3) is 0.194. The van der Waals surface area contributed by atoms with Crippen molar-refractivity contribution < 1.29 is 0 Å². The Morgan fingerprint density at radius 3 is 1.97 bits per heavy atom. The third-order valence-electron chi connectivity index (χ3n) is 17.8. The number of rotatable bonds is 4. The van der Waals surface area contributed by atoms with Gasteiger partial charge in [0.25, 0.3) is 6.71 Å². The van der Waals surface area contributed by atoms with Crippen LogP contribution in [0, 0.1) is 6.92 Å². The molecule has 0 amide bonds. The van der Waals surface area contributed by atoms with E-state index in [-0.39, 0.29) is 23.1 Å². The van der Waals surface area contributed by atoms with Crippen LogP contribution in [0.1, 0.15) is 77.0 Å². The van der Waals surface area contributed by atoms with Gasteiger partial charge in [-0.25, -0.2) is 0 Å². The molecular weight excluding hydrogens is 922 g/mol. The molecule has 73 heavy (non-hydrogen) atoms. The van der Waals surface area contributed by atoms with Crippen LogP contribution in [0.3, 0.4) is 0 Å². The van der Waals surface area contributed by atoms with Crippen LogP contribution in [-0.4, -0.2) is 12.3 Å². The zero-order valence-corrected chi connectivity index (χ0v) is 44.0. The van der Waals surface area contributed by atoms with Gasteiger partial charge in [0.2, 0.25) is 0 Å². The van der Waals surface area contributed by atoms with Crippen LogP contribution in [0.15, 0.2) is 182 Å². The second-order valence-corrected chi connectivity index (χ2v) is 25.0. The topological polar surface area (TPSA) is 9.72 Å². The molecule has 354 valence electrons. The van der Waals surface area contributed by atoms with Gasteiger partial charge in [0.05, 0.1) is 15.9 Å². The predicted octanol–water partition coefficient (Wildman–Crippen LogP) is 17.5. The van der Waals surface area contributed by atoms with Gasteiger partial charge in [0.1, 0.15) is 0 Å². The Kier molecular flexibility index (Phi) is 9.20. The van der Waals surface area contributed by atoms with Crippen LogP contribution in [0.2, 0.25) is 0 Å². The zero-order chi connectivity index (χ0) is 49.1. The third kappa shape index (κ3) is 6.11. The molecule has 4 aliphatic rings. The quantitative estimate of drug-likeness (QED) is 0.163. The molecule has 11 aromatic rings. The second kappa shape index (κ2) is 15.5. The van der Waals surface area contributed by atoms with E-state index in [1.54, 1.807) is 0 Å². The van der Waals surface area contributed by atoms with Crippen molar-refractivity contribution in [1.29, 1.82) is 0 Å². The summed E-state index contributed by atoms with van der Waals surface area (Å²) in [6.45, 7) is 14.5. The van der Waals surface area contributed by atoms with Crippen molar-refractivity contribution in [2.24, 2.45) is 0 Å². The number of hydrogen-bond acceptors (Lipinski definition) is 5. The smallest absolute Gasteiger partial charge is 0.252 e. The summed E-state index contributed by atoms with van der Waals surface area (Å²) in [6, 6.07) is 70.3. The van der Waals surface area contributed by atoms with E-state index in [0.29, 0.717) is 0 Å². The lowest BCUT2D eigenvalue weighted by molar-refractivity contribution is 0.195. The summed E-state index contributed by atoms with van der Waals surface area (Å²) in [5.74, 6) is 0. The van der Waals surface area contributed by atoms with E-state index in [9.17, 15) is 0 Å². The first kappa shape index (κ1) is 43.5. The molecule has 5 heterocycles. The van der Waals surface area contributed by atoms with Crippen molar-refractivity contribution >= 4 is 132 Å². The summed E-state index contributed by atoms with van der Waals surface area (Å²) in [5, 5.41) is 5.27. The predicted molar refractivity (Wildman–Crippen MR) is 318 cm³/mol. The Bertz CT molecular complexity index is 4120. The first-order valence-corrected chi connectivity index (χ1v) is 28.0. The van der Waals surface area contributed by atoms with Crippen molar-refractivity contribution in [3.05, 3.63) is 199 Å². The molecule has 0 spiro atoms. The maximum Gasteiger partial charge on any atom is 0.252 e. The number of nitrogens with zero attached hydrogens (tertiary/aromatic N) is 3. The molecule has 0 bridgehead atoms. The van der Waals surface area contributed by atoms with Gasteiger partial charge in [-0.2, -0.15) is 0 Å². The molecule has 3 nitrogen and oxygen atoms in total. The molecule has 0 radical (unpaired) electrons. The van der Waals surface area contributed by atoms with Crippen LogP contribution in [0.5, 0.6) is 0 Å². The minimum absolute atomic E-state index is 0.0111. The van der Waals surface area contributed by atoms with Gasteiger partial charge in [0, 0.05) is 80.9 Å². The summed E-state index contributed by atoms with van der Waals surface area (Å²) in [6.07, 6.45) is 4.83. The lowest BCUT2D eigenvalue weighted by Crippen LogP contribution is -2.61. The van der Waals surface area contributed by atoms with Crippen LogP contribution < -0.4 is 31.1 Å². The monoisotopic (exact) mass is 977 g/mol. The highest BCUT2D eigenvalue weighted by atomic mass is 32.1. The molecule has 6 heteroatoms. The average Bonchev–Trinajstić information content (AvgIpc) is 4.04. The van der Waals surface area contributed by atoms with E-state index >= 15 is 0 Å². The lowest BCUT2D eigenvalue weighted by Gasteiger charge is -2.50. The van der Waals surface area contributed by atoms with E-state index in [1.165, 1.54) is 149 Å². The lowest BCUT2D eigenvalue weighted by atomic mass is 9.33. The number of fused-ring (bicyclic) bond motifs is 13. The number of thiophene rings is 2. The van der Waals surface area contributed by atoms with Gasteiger partial charge in [-0.05, 0) is 143 Å². The number of aryl methyl sites for hydroxylation is 1. The van der Waals surface area contributed by atoms with E-state index < -0.39 is 0 Å². The molecular formula is C67H56BN3S2. The average molecular weight is 978 g/mol. The highest BCUT2D eigenvalue weighted by Crippen LogP contribution is 2.62. The van der Waals surface area contributed by atoms with Crippen molar-refractivity contribution in [3.63, 3.8) is 0 Å². The highest BCUT2D eigenvalue weighted by molar-refractivity contribution is 7.26. The van der Waals surface area contributed by atoms with E-state index in [0.717, 1.165) is 6.42 Å². The summed E-state index contributed by atoms with van der Waals surface area (Å²) in [4.78, 5) is 8.06. The van der Waals surface area contributed by atoms with Gasteiger partial charge in [-0.1, -0.05) is 156 Å². The van der Waals surface area contributed by atoms with Crippen LogP contribution in [0.4, 0.5) is 45.5 Å². The number of hydrogen-bond donors (Lipinski definition) is 0. The Hall–Kier alpha value is -7.12. The molecule has 2 atom stereocenters. The summed E-state index contributed by atoms with van der Waals surface area (Å²) < 4.78 is 5.27. The number of anilines is 8. The number of benzene rings is 9. The van der Waals surface area contributed by atoms with Gasteiger partial charge in [0.15, 0.2) is 0 Å². The van der Waals surface area contributed by atoms with E-state index in [4.69, 9.17) is 0 Å². The standard InChI is InChI=1S/C67H56BN3S2/c1-41-35-58-63-59(36-41)70(56-22-16-21-50-48-20-11-13-24-61(48)73-64(50)56)57-39-46(71-54-32-26-44(65(2,3)4)38-51(54)66(5)33-14-15-34-67(66,71)6)28-30-52(57)68(63)53-37-43(42-17-8-7-9-18-42)25-31-55(53)69(58)45-27-29-49-47-19-10-12-23-60(47)72-62(49)40-45/h7-13,16-32,35-40H,14-15,33-34H2,1-6H3. The minimum Gasteiger partial charge on any atom is -0.334 e. The van der Waals surface area contributed by atoms with E-state index in [2.05, 4.69) is 238 Å². The maximum absolute atomic E-state index is 2.79. The highest BCUT2D eigenvalue weighted by Gasteiger charge is 2.58. The summed E-state index contributed by atoms with van der Waals surface area (Å²) in [5.41, 5.74) is 20.7. The first-order valence-electron chi connectivity index (χ1n) is 26.3. The fourth-order valence-corrected chi connectivity index (χ4v) is 16.3. The second-order valence-electron chi connectivity index (χ2n) is 22.9. The molecule has 2 unspecified atom stereocenters. The van der Waals surface area contributed by atoms with Gasteiger partial charge in [-0.15, -0.1) is 22.7 Å². The maximum atomic E-state index is 2.79. The van der Waals surface area contributed by atoms with Crippen molar-refractivity contribution in [2.75, 3.05) is 14.7 Å². The molecule has 3 aliphatic heterocycles. The molecule has 15 rings (SSSR count). The summed E-state index contributed by atoms with van der Waals surface area (Å²) >= 11 is 3.82. The first-order chi connectivity index (χ1) is 35.5. The van der Waals surface area contributed by atoms with E-state index in [1.807, 2.05) is 22.7 Å². The van der Waals surface area contributed by atoms with Crippen LogP contribution >= 0.6 is 22.7 Å². The Balaban J connectivity index is 1.02. The Morgan fingerprint density at radius 1 is 0.479 bits per heavy atom. The fourth-order valence-electron chi connectivity index (χ4n) is 14.0. The third-order valence-corrected chi connectivity index (χ3v) is 20.1. The van der Waals surface area contributed by atoms with Gasteiger partial charge in [-0.3, -0.25) is 0 Å². The molecule has 2 aromatic heterocycles. The van der Waals surface area contributed by atoms with Gasteiger partial charge >= 0.3 is 0 Å². The van der Waals surface area contributed by atoms with Crippen molar-refractivity contribution in [2.45, 2.75) is 83.6 Å². The molecule has 0 saturated heterocycles. The van der Waals surface area contributed by atoms with Gasteiger partial charge < -0.3 is 14.7 Å².